The normalized spacial score (nSPS) is 24.9. The monoisotopic (exact) mass is 213 g/mol. The molecule has 0 spiro atoms. The van der Waals surface area contributed by atoms with Gasteiger partial charge in [0.25, 0.3) is 0 Å². The molecule has 0 bridgehead atoms. The highest BCUT2D eigenvalue weighted by Gasteiger charge is 2.26. The van der Waals surface area contributed by atoms with Crippen LogP contribution in [-0.4, -0.2) is 37.6 Å². The van der Waals surface area contributed by atoms with Gasteiger partial charge in [0.1, 0.15) is 0 Å². The summed E-state index contributed by atoms with van der Waals surface area (Å²) in [7, 11) is 1.48. The average Bonchev–Trinajstić information content (AvgIpc) is 2.28. The number of ether oxygens (including phenoxy) is 1. The molecular weight excluding hydrogens is 190 g/mol. The second-order valence-corrected chi connectivity index (χ2v) is 4.64. The number of esters is 1. The lowest BCUT2D eigenvalue weighted by atomic mass is 9.97. The van der Waals surface area contributed by atoms with Crippen molar-refractivity contribution in [1.29, 1.82) is 0 Å². The number of hydrogen-bond acceptors (Lipinski definition) is 3. The summed E-state index contributed by atoms with van der Waals surface area (Å²) in [4.78, 5) is 13.8. The average molecular weight is 213 g/mol. The second kappa shape index (κ2) is 6.11. The minimum Gasteiger partial charge on any atom is -0.469 e. The van der Waals surface area contributed by atoms with Crippen molar-refractivity contribution in [2.24, 2.45) is 11.8 Å². The zero-order valence-electron chi connectivity index (χ0n) is 10.2. The van der Waals surface area contributed by atoms with E-state index < -0.39 is 0 Å². The lowest BCUT2D eigenvalue weighted by molar-refractivity contribution is -0.147. The molecule has 0 amide bonds. The quantitative estimate of drug-likeness (QED) is 0.668. The standard InChI is InChI=1S/C12H23NO2/c1-4-10(2)8-13-7-5-6-11(9-13)12(14)15-3/h10-11H,4-9H2,1-3H3. The van der Waals surface area contributed by atoms with Crippen LogP contribution >= 0.6 is 0 Å². The van der Waals surface area contributed by atoms with E-state index in [1.54, 1.807) is 0 Å². The van der Waals surface area contributed by atoms with Gasteiger partial charge < -0.3 is 9.64 Å². The van der Waals surface area contributed by atoms with Gasteiger partial charge in [-0.05, 0) is 25.3 Å². The van der Waals surface area contributed by atoms with Gasteiger partial charge in [-0.1, -0.05) is 20.3 Å². The maximum atomic E-state index is 11.4. The Bertz CT molecular complexity index is 206. The number of nitrogens with zero attached hydrogens (tertiary/aromatic N) is 1. The first kappa shape index (κ1) is 12.5. The molecule has 1 saturated heterocycles. The minimum atomic E-state index is -0.0381. The van der Waals surface area contributed by atoms with E-state index in [1.165, 1.54) is 13.5 Å². The zero-order chi connectivity index (χ0) is 11.3. The van der Waals surface area contributed by atoms with E-state index in [0.29, 0.717) is 0 Å². The number of rotatable bonds is 4. The molecule has 1 fully saturated rings. The highest BCUT2D eigenvalue weighted by molar-refractivity contribution is 5.72. The van der Waals surface area contributed by atoms with Gasteiger partial charge in [0.15, 0.2) is 0 Å². The van der Waals surface area contributed by atoms with Crippen LogP contribution in [-0.2, 0) is 9.53 Å². The Morgan fingerprint density at radius 2 is 2.33 bits per heavy atom. The smallest absolute Gasteiger partial charge is 0.309 e. The van der Waals surface area contributed by atoms with Crippen LogP contribution in [0.1, 0.15) is 33.1 Å². The van der Waals surface area contributed by atoms with Crippen molar-refractivity contribution in [2.75, 3.05) is 26.7 Å². The lowest BCUT2D eigenvalue weighted by Gasteiger charge is -2.32. The number of piperidine rings is 1. The highest BCUT2D eigenvalue weighted by Crippen LogP contribution is 2.19. The van der Waals surface area contributed by atoms with Gasteiger partial charge in [0.2, 0.25) is 0 Å². The first-order valence-corrected chi connectivity index (χ1v) is 5.97. The maximum Gasteiger partial charge on any atom is 0.309 e. The summed E-state index contributed by atoms with van der Waals surface area (Å²) in [5.74, 6) is 0.790. The largest absolute Gasteiger partial charge is 0.469 e. The van der Waals surface area contributed by atoms with Crippen molar-refractivity contribution in [3.05, 3.63) is 0 Å². The van der Waals surface area contributed by atoms with Crippen molar-refractivity contribution in [3.8, 4) is 0 Å². The number of hydrogen-bond donors (Lipinski definition) is 0. The summed E-state index contributed by atoms with van der Waals surface area (Å²) in [5.41, 5.74) is 0. The Morgan fingerprint density at radius 1 is 1.60 bits per heavy atom. The summed E-state index contributed by atoms with van der Waals surface area (Å²) in [6.45, 7) is 7.62. The van der Waals surface area contributed by atoms with Gasteiger partial charge >= 0.3 is 5.97 Å². The molecule has 1 aliphatic rings. The van der Waals surface area contributed by atoms with E-state index >= 15 is 0 Å². The van der Waals surface area contributed by atoms with Crippen molar-refractivity contribution < 1.29 is 9.53 Å². The van der Waals surface area contributed by atoms with Crippen molar-refractivity contribution in [1.82, 2.24) is 4.90 Å². The van der Waals surface area contributed by atoms with Gasteiger partial charge in [-0.3, -0.25) is 4.79 Å². The molecule has 0 N–H and O–H groups in total. The Balaban J connectivity index is 2.38. The maximum absolute atomic E-state index is 11.4. The Hall–Kier alpha value is -0.570. The van der Waals surface area contributed by atoms with Crippen LogP contribution < -0.4 is 0 Å². The van der Waals surface area contributed by atoms with Gasteiger partial charge in [-0.25, -0.2) is 0 Å². The highest BCUT2D eigenvalue weighted by atomic mass is 16.5. The van der Waals surface area contributed by atoms with Crippen molar-refractivity contribution in [2.45, 2.75) is 33.1 Å². The van der Waals surface area contributed by atoms with Crippen LogP contribution in [0.15, 0.2) is 0 Å². The molecule has 0 radical (unpaired) electrons. The molecule has 2 unspecified atom stereocenters. The molecule has 0 aromatic carbocycles. The molecule has 3 heteroatoms. The summed E-state index contributed by atoms with van der Waals surface area (Å²) >= 11 is 0. The van der Waals surface area contributed by atoms with E-state index in [-0.39, 0.29) is 11.9 Å². The van der Waals surface area contributed by atoms with E-state index in [4.69, 9.17) is 4.74 Å². The zero-order valence-corrected chi connectivity index (χ0v) is 10.2. The van der Waals surface area contributed by atoms with Crippen LogP contribution in [0.4, 0.5) is 0 Å². The number of carbonyl (C=O) groups excluding carboxylic acids is 1. The number of likely N-dealkylation sites (tertiary alicyclic amines) is 1. The molecule has 1 heterocycles. The molecular formula is C12H23NO2. The first-order valence-electron chi connectivity index (χ1n) is 5.97. The predicted molar refractivity (Wildman–Crippen MR) is 60.6 cm³/mol. The summed E-state index contributed by atoms with van der Waals surface area (Å²) in [6, 6.07) is 0. The van der Waals surface area contributed by atoms with Crippen molar-refractivity contribution >= 4 is 5.97 Å². The summed E-state index contributed by atoms with van der Waals surface area (Å²) in [5, 5.41) is 0. The predicted octanol–water partition coefficient (Wildman–Crippen LogP) is 1.92. The van der Waals surface area contributed by atoms with E-state index in [2.05, 4.69) is 18.7 Å². The molecule has 0 aliphatic carbocycles. The first-order chi connectivity index (χ1) is 7.17. The third-order valence-corrected chi connectivity index (χ3v) is 3.31. The molecule has 0 aromatic heterocycles. The van der Waals surface area contributed by atoms with Crippen LogP contribution in [0.2, 0.25) is 0 Å². The lowest BCUT2D eigenvalue weighted by Crippen LogP contribution is -2.41. The van der Waals surface area contributed by atoms with E-state index in [1.807, 2.05) is 0 Å². The van der Waals surface area contributed by atoms with Gasteiger partial charge in [0.05, 0.1) is 13.0 Å². The van der Waals surface area contributed by atoms with Crippen LogP contribution in [0.3, 0.4) is 0 Å². The number of methoxy groups -OCH3 is 1. The van der Waals surface area contributed by atoms with Crippen molar-refractivity contribution in [3.63, 3.8) is 0 Å². The Kier molecular flexibility index (Phi) is 5.09. The molecule has 1 aliphatic heterocycles. The van der Waals surface area contributed by atoms with Gasteiger partial charge in [-0.2, -0.15) is 0 Å². The molecule has 1 rings (SSSR count). The fourth-order valence-electron chi connectivity index (χ4n) is 2.15. The van der Waals surface area contributed by atoms with Crippen LogP contribution in [0.25, 0.3) is 0 Å². The summed E-state index contributed by atoms with van der Waals surface area (Å²) in [6.07, 6.45) is 3.32. The molecule has 3 nitrogen and oxygen atoms in total. The van der Waals surface area contributed by atoms with E-state index in [0.717, 1.165) is 38.4 Å². The molecule has 2 atom stereocenters. The molecule has 0 aromatic rings. The fourth-order valence-corrected chi connectivity index (χ4v) is 2.15. The second-order valence-electron chi connectivity index (χ2n) is 4.64. The van der Waals surface area contributed by atoms with E-state index in [9.17, 15) is 4.79 Å². The fraction of sp³-hybridized carbons (Fsp3) is 0.917. The van der Waals surface area contributed by atoms with Gasteiger partial charge in [0, 0.05) is 13.1 Å². The van der Waals surface area contributed by atoms with Gasteiger partial charge in [-0.15, -0.1) is 0 Å². The topological polar surface area (TPSA) is 29.5 Å². The third kappa shape index (κ3) is 3.82. The Labute approximate surface area is 92.8 Å². The van der Waals surface area contributed by atoms with Crippen LogP contribution in [0, 0.1) is 11.8 Å². The molecule has 15 heavy (non-hydrogen) atoms. The molecule has 88 valence electrons. The summed E-state index contributed by atoms with van der Waals surface area (Å²) < 4.78 is 4.80. The SMILES string of the molecule is CCC(C)CN1CCCC(C(=O)OC)C1. The number of carbonyl (C=O) groups is 1. The molecule has 0 saturated carbocycles. The Morgan fingerprint density at radius 3 is 2.93 bits per heavy atom. The third-order valence-electron chi connectivity index (χ3n) is 3.31. The minimum absolute atomic E-state index is 0.0381. The van der Waals surface area contributed by atoms with Crippen LogP contribution in [0.5, 0.6) is 0 Å².